The second kappa shape index (κ2) is 12.4. The topological polar surface area (TPSA) is 74.8 Å². The molecular weight excluding hydrogens is 524 g/mol. The number of hydrogen-bond acceptors (Lipinski definition) is 3. The molecule has 0 unspecified atom stereocenters. The van der Waals surface area contributed by atoms with Gasteiger partial charge in [-0.2, -0.15) is 13.2 Å². The molecule has 10 heteroatoms. The predicted molar refractivity (Wildman–Crippen MR) is 126 cm³/mol. The summed E-state index contributed by atoms with van der Waals surface area (Å²) in [6.07, 6.45) is -4.40. The van der Waals surface area contributed by atoms with Crippen molar-refractivity contribution in [3.05, 3.63) is 59.2 Å². The first-order chi connectivity index (χ1) is 14.2. The highest BCUT2D eigenvalue weighted by Gasteiger charge is 2.28. The molecule has 0 atom stereocenters. The van der Waals surface area contributed by atoms with Gasteiger partial charge in [0, 0.05) is 38.3 Å². The van der Waals surface area contributed by atoms with E-state index in [1.807, 2.05) is 18.2 Å². The number of halogens is 4. The average molecular weight is 550 g/mol. The van der Waals surface area contributed by atoms with Gasteiger partial charge in [-0.05, 0) is 36.2 Å². The van der Waals surface area contributed by atoms with Crippen molar-refractivity contribution in [3.63, 3.8) is 0 Å². The number of guanidine groups is 1. The van der Waals surface area contributed by atoms with E-state index >= 15 is 0 Å². The van der Waals surface area contributed by atoms with Crippen LogP contribution in [-0.4, -0.2) is 31.7 Å². The molecule has 0 aliphatic heterocycles. The molecule has 0 saturated carbocycles. The highest BCUT2D eigenvalue weighted by atomic mass is 127. The molecule has 170 valence electrons. The standard InChI is InChI=1S/C21H25F3N4O2.HI/c1-14-7-8-17(19(9-14)30-13-21(22,23)24)12-27-20(25-3)26-11-16-5-4-6-18(10-16)28-15(2)29;/h4-10H,11-13H2,1-3H3,(H,28,29)(H2,25,26,27);1H. The number of amides is 1. The quantitative estimate of drug-likeness (QED) is 0.272. The number of aliphatic imine (C=N–C) groups is 1. The Morgan fingerprint density at radius 1 is 1.10 bits per heavy atom. The fraction of sp³-hybridized carbons (Fsp3) is 0.333. The van der Waals surface area contributed by atoms with Crippen molar-refractivity contribution in [2.24, 2.45) is 4.99 Å². The molecule has 0 aromatic heterocycles. The van der Waals surface area contributed by atoms with Crippen LogP contribution in [0.15, 0.2) is 47.5 Å². The molecule has 1 amide bonds. The lowest BCUT2D eigenvalue weighted by molar-refractivity contribution is -0.153. The summed E-state index contributed by atoms with van der Waals surface area (Å²) in [7, 11) is 1.60. The number of alkyl halides is 3. The minimum Gasteiger partial charge on any atom is -0.484 e. The number of hydrogen-bond donors (Lipinski definition) is 3. The van der Waals surface area contributed by atoms with Gasteiger partial charge in [-0.25, -0.2) is 0 Å². The molecular formula is C21H26F3IN4O2. The summed E-state index contributed by atoms with van der Waals surface area (Å²) in [5.41, 5.74) is 3.00. The number of aryl methyl sites for hydroxylation is 1. The lowest BCUT2D eigenvalue weighted by atomic mass is 10.1. The Morgan fingerprint density at radius 2 is 1.81 bits per heavy atom. The number of rotatable bonds is 7. The van der Waals surface area contributed by atoms with Crippen molar-refractivity contribution >= 4 is 41.5 Å². The summed E-state index contributed by atoms with van der Waals surface area (Å²) in [5.74, 6) is 0.500. The van der Waals surface area contributed by atoms with Crippen LogP contribution in [0.4, 0.5) is 18.9 Å². The van der Waals surface area contributed by atoms with Crippen LogP contribution in [-0.2, 0) is 17.9 Å². The zero-order valence-electron chi connectivity index (χ0n) is 17.5. The average Bonchev–Trinajstić information content (AvgIpc) is 2.67. The lowest BCUT2D eigenvalue weighted by Gasteiger charge is -2.16. The smallest absolute Gasteiger partial charge is 0.422 e. The Morgan fingerprint density at radius 3 is 2.45 bits per heavy atom. The van der Waals surface area contributed by atoms with Crippen LogP contribution in [0.1, 0.15) is 23.6 Å². The predicted octanol–water partition coefficient (Wildman–Crippen LogP) is 4.38. The van der Waals surface area contributed by atoms with Gasteiger partial charge in [0.1, 0.15) is 5.75 Å². The molecule has 0 saturated heterocycles. The number of nitrogens with one attached hydrogen (secondary N) is 3. The largest absolute Gasteiger partial charge is 0.484 e. The molecule has 0 heterocycles. The molecule has 0 radical (unpaired) electrons. The molecule has 31 heavy (non-hydrogen) atoms. The summed E-state index contributed by atoms with van der Waals surface area (Å²) >= 11 is 0. The van der Waals surface area contributed by atoms with Crippen LogP contribution in [0, 0.1) is 6.92 Å². The van der Waals surface area contributed by atoms with Gasteiger partial charge in [0.15, 0.2) is 12.6 Å². The normalized spacial score (nSPS) is 11.4. The van der Waals surface area contributed by atoms with Gasteiger partial charge in [0.05, 0.1) is 0 Å². The molecule has 6 nitrogen and oxygen atoms in total. The number of carbonyl (C=O) groups excluding carboxylic acids is 1. The van der Waals surface area contributed by atoms with Crippen LogP contribution in [0.2, 0.25) is 0 Å². The lowest BCUT2D eigenvalue weighted by Crippen LogP contribution is -2.36. The van der Waals surface area contributed by atoms with E-state index < -0.39 is 12.8 Å². The highest BCUT2D eigenvalue weighted by molar-refractivity contribution is 14.0. The van der Waals surface area contributed by atoms with Gasteiger partial charge in [0.2, 0.25) is 5.91 Å². The first-order valence-corrected chi connectivity index (χ1v) is 9.26. The van der Waals surface area contributed by atoms with Crippen LogP contribution >= 0.6 is 24.0 Å². The summed E-state index contributed by atoms with van der Waals surface area (Å²) in [5, 5.41) is 8.92. The fourth-order valence-electron chi connectivity index (χ4n) is 2.65. The molecule has 0 aliphatic carbocycles. The van der Waals surface area contributed by atoms with Gasteiger partial charge < -0.3 is 20.7 Å². The van der Waals surface area contributed by atoms with Gasteiger partial charge in [-0.1, -0.05) is 24.3 Å². The minimum absolute atomic E-state index is 0. The number of nitrogens with zero attached hydrogens (tertiary/aromatic N) is 1. The van der Waals surface area contributed by atoms with E-state index in [1.54, 1.807) is 38.2 Å². The maximum atomic E-state index is 12.5. The van der Waals surface area contributed by atoms with E-state index in [1.165, 1.54) is 6.92 Å². The van der Waals surface area contributed by atoms with Crippen LogP contribution in [0.5, 0.6) is 5.75 Å². The number of ether oxygens (including phenoxy) is 1. The van der Waals surface area contributed by atoms with Gasteiger partial charge in [-0.3, -0.25) is 9.79 Å². The molecule has 3 N–H and O–H groups in total. The third kappa shape index (κ3) is 9.90. The van der Waals surface area contributed by atoms with Crippen molar-refractivity contribution in [2.75, 3.05) is 19.0 Å². The molecule has 0 aliphatic rings. The summed E-state index contributed by atoms with van der Waals surface area (Å²) in [6.45, 7) is 2.56. The fourth-order valence-corrected chi connectivity index (χ4v) is 2.65. The molecule has 2 aromatic carbocycles. The Balaban J connectivity index is 0.00000480. The van der Waals surface area contributed by atoms with E-state index in [-0.39, 0.29) is 42.2 Å². The third-order valence-corrected chi connectivity index (χ3v) is 3.99. The first-order valence-electron chi connectivity index (χ1n) is 9.26. The maximum absolute atomic E-state index is 12.5. The maximum Gasteiger partial charge on any atom is 0.422 e. The third-order valence-electron chi connectivity index (χ3n) is 3.99. The molecule has 2 rings (SSSR count). The summed E-state index contributed by atoms with van der Waals surface area (Å²) < 4.78 is 42.5. The van der Waals surface area contributed by atoms with Gasteiger partial charge in [-0.15, -0.1) is 24.0 Å². The van der Waals surface area contributed by atoms with E-state index in [4.69, 9.17) is 4.74 Å². The number of anilines is 1. The van der Waals surface area contributed by atoms with Gasteiger partial charge >= 0.3 is 6.18 Å². The molecule has 0 fully saturated rings. The summed E-state index contributed by atoms with van der Waals surface area (Å²) in [4.78, 5) is 15.3. The summed E-state index contributed by atoms with van der Waals surface area (Å²) in [6, 6.07) is 12.5. The monoisotopic (exact) mass is 550 g/mol. The van der Waals surface area contributed by atoms with Crippen LogP contribution < -0.4 is 20.7 Å². The molecule has 0 bridgehead atoms. The highest BCUT2D eigenvalue weighted by Crippen LogP contribution is 2.23. The number of benzene rings is 2. The zero-order valence-corrected chi connectivity index (χ0v) is 19.8. The number of carbonyl (C=O) groups is 1. The molecule has 2 aromatic rings. The van der Waals surface area contributed by atoms with Crippen LogP contribution in [0.25, 0.3) is 0 Å². The van der Waals surface area contributed by atoms with Crippen LogP contribution in [0.3, 0.4) is 0 Å². The minimum atomic E-state index is -4.40. The molecule has 0 spiro atoms. The van der Waals surface area contributed by atoms with E-state index in [0.29, 0.717) is 23.8 Å². The van der Waals surface area contributed by atoms with Crippen molar-refractivity contribution in [2.45, 2.75) is 33.1 Å². The van der Waals surface area contributed by atoms with Crippen molar-refractivity contribution in [3.8, 4) is 5.75 Å². The van der Waals surface area contributed by atoms with Crippen molar-refractivity contribution < 1.29 is 22.7 Å². The van der Waals surface area contributed by atoms with E-state index in [2.05, 4.69) is 20.9 Å². The Labute approximate surface area is 196 Å². The zero-order chi connectivity index (χ0) is 22.1. The SMILES string of the molecule is CN=C(NCc1cccc(NC(C)=O)c1)NCc1ccc(C)cc1OCC(F)(F)F.I. The second-order valence-electron chi connectivity index (χ2n) is 6.68. The Hall–Kier alpha value is -2.50. The van der Waals surface area contributed by atoms with E-state index in [0.717, 1.165) is 11.1 Å². The first kappa shape index (κ1) is 26.5. The van der Waals surface area contributed by atoms with Crippen molar-refractivity contribution in [1.82, 2.24) is 10.6 Å². The van der Waals surface area contributed by atoms with E-state index in [9.17, 15) is 18.0 Å². The Bertz CT molecular complexity index is 904. The Kier molecular flexibility index (Phi) is 10.6. The second-order valence-corrected chi connectivity index (χ2v) is 6.68. The van der Waals surface area contributed by atoms with Gasteiger partial charge in [0.25, 0.3) is 0 Å². The van der Waals surface area contributed by atoms with Crippen molar-refractivity contribution in [1.29, 1.82) is 0 Å².